The lowest BCUT2D eigenvalue weighted by Crippen LogP contribution is -2.09. The first-order valence-electron chi connectivity index (χ1n) is 3.74. The zero-order valence-electron chi connectivity index (χ0n) is 6.37. The summed E-state index contributed by atoms with van der Waals surface area (Å²) in [6, 6.07) is 1.56. The van der Waals surface area contributed by atoms with E-state index in [0.717, 1.165) is 12.0 Å². The van der Waals surface area contributed by atoms with Crippen LogP contribution in [0.25, 0.3) is 0 Å². The Hall–Kier alpha value is -1.45. The Balaban J connectivity index is 2.22. The number of pyridine rings is 1. The zero-order chi connectivity index (χ0) is 8.39. The molecule has 0 bridgehead atoms. The third-order valence-corrected chi connectivity index (χ3v) is 1.79. The summed E-state index contributed by atoms with van der Waals surface area (Å²) >= 11 is 0. The first kappa shape index (κ1) is 7.21. The van der Waals surface area contributed by atoms with Crippen molar-refractivity contribution in [2.45, 2.75) is 12.5 Å². The molecule has 0 saturated carbocycles. The molecule has 0 saturated heterocycles. The van der Waals surface area contributed by atoms with E-state index in [9.17, 15) is 4.39 Å². The van der Waals surface area contributed by atoms with Gasteiger partial charge in [-0.3, -0.25) is 4.98 Å². The highest BCUT2D eigenvalue weighted by Gasteiger charge is 2.13. The van der Waals surface area contributed by atoms with Gasteiger partial charge in [-0.15, -0.1) is 0 Å². The fourth-order valence-corrected chi connectivity index (χ4v) is 1.18. The van der Waals surface area contributed by atoms with Crippen molar-refractivity contribution < 1.29 is 4.39 Å². The lowest BCUT2D eigenvalue weighted by Gasteiger charge is -2.08. The van der Waals surface area contributed by atoms with Crippen LogP contribution in [0.15, 0.2) is 23.6 Å². The van der Waals surface area contributed by atoms with Crippen LogP contribution in [0.5, 0.6) is 0 Å². The molecule has 0 spiro atoms. The summed E-state index contributed by atoms with van der Waals surface area (Å²) in [5.41, 5.74) is 3.70. The quantitative estimate of drug-likeness (QED) is 0.679. The van der Waals surface area contributed by atoms with Crippen LogP contribution in [0.2, 0.25) is 0 Å². The summed E-state index contributed by atoms with van der Waals surface area (Å²) in [6.07, 6.45) is 5.41. The highest BCUT2D eigenvalue weighted by molar-refractivity contribution is 5.60. The van der Waals surface area contributed by atoms with E-state index in [1.54, 1.807) is 12.4 Å². The molecule has 12 heavy (non-hydrogen) atoms. The number of hydrogen-bond donors (Lipinski definition) is 1. The molecule has 0 aliphatic carbocycles. The van der Waals surface area contributed by atoms with E-state index in [2.05, 4.69) is 15.5 Å². The molecular weight excluding hydrogens is 157 g/mol. The van der Waals surface area contributed by atoms with Gasteiger partial charge in [0.15, 0.2) is 0 Å². The van der Waals surface area contributed by atoms with Gasteiger partial charge in [0.05, 0.1) is 12.2 Å². The predicted molar refractivity (Wildman–Crippen MR) is 43.2 cm³/mol. The van der Waals surface area contributed by atoms with Crippen LogP contribution in [0.3, 0.4) is 0 Å². The molecule has 62 valence electrons. The molecule has 2 heterocycles. The van der Waals surface area contributed by atoms with Gasteiger partial charge in [0.25, 0.3) is 0 Å². The molecule has 4 heteroatoms. The molecule has 1 N–H and O–H groups in total. The minimum Gasteiger partial charge on any atom is -0.302 e. The van der Waals surface area contributed by atoms with Gasteiger partial charge in [-0.1, -0.05) is 0 Å². The van der Waals surface area contributed by atoms with Gasteiger partial charge in [-0.2, -0.15) is 5.10 Å². The molecule has 2 rings (SSSR count). The summed E-state index contributed by atoms with van der Waals surface area (Å²) in [7, 11) is 0. The Bertz CT molecular complexity index is 303. The van der Waals surface area contributed by atoms with Gasteiger partial charge < -0.3 is 5.43 Å². The molecule has 1 aliphatic heterocycles. The van der Waals surface area contributed by atoms with Crippen LogP contribution in [-0.2, 0) is 0 Å². The van der Waals surface area contributed by atoms with Gasteiger partial charge in [0.1, 0.15) is 5.82 Å². The van der Waals surface area contributed by atoms with Crippen LogP contribution in [0.4, 0.5) is 4.39 Å². The van der Waals surface area contributed by atoms with Gasteiger partial charge in [-0.05, 0) is 11.6 Å². The monoisotopic (exact) mass is 165 g/mol. The third-order valence-electron chi connectivity index (χ3n) is 1.79. The predicted octanol–water partition coefficient (Wildman–Crippen LogP) is 1.24. The van der Waals surface area contributed by atoms with Gasteiger partial charge in [0, 0.05) is 18.8 Å². The van der Waals surface area contributed by atoms with Crippen molar-refractivity contribution in [1.29, 1.82) is 0 Å². The molecule has 1 aromatic heterocycles. The molecule has 0 amide bonds. The van der Waals surface area contributed by atoms with Crippen molar-refractivity contribution in [1.82, 2.24) is 10.4 Å². The standard InChI is InChI=1S/C8H8FN3/c9-7-3-6(4-10-5-7)8-1-2-11-12-8/h2-5,8,12H,1H2. The SMILES string of the molecule is Fc1cncc(C2CC=NN2)c1. The fourth-order valence-electron chi connectivity index (χ4n) is 1.18. The maximum absolute atomic E-state index is 12.7. The van der Waals surface area contributed by atoms with Crippen LogP contribution < -0.4 is 5.43 Å². The fraction of sp³-hybridized carbons (Fsp3) is 0.250. The van der Waals surface area contributed by atoms with E-state index in [4.69, 9.17) is 0 Å². The summed E-state index contributed by atoms with van der Waals surface area (Å²) < 4.78 is 12.7. The first-order chi connectivity index (χ1) is 5.86. The third kappa shape index (κ3) is 1.28. The molecule has 1 aliphatic rings. The molecule has 3 nitrogen and oxygen atoms in total. The van der Waals surface area contributed by atoms with Crippen molar-refractivity contribution in [3.8, 4) is 0 Å². The maximum Gasteiger partial charge on any atom is 0.141 e. The van der Waals surface area contributed by atoms with E-state index in [1.807, 2.05) is 0 Å². The number of rotatable bonds is 1. The van der Waals surface area contributed by atoms with E-state index < -0.39 is 0 Å². The largest absolute Gasteiger partial charge is 0.302 e. The second kappa shape index (κ2) is 2.89. The van der Waals surface area contributed by atoms with Crippen molar-refractivity contribution in [2.24, 2.45) is 5.10 Å². The number of nitrogens with one attached hydrogen (secondary N) is 1. The Morgan fingerprint density at radius 3 is 3.08 bits per heavy atom. The maximum atomic E-state index is 12.7. The zero-order valence-corrected chi connectivity index (χ0v) is 6.37. The Labute approximate surface area is 69.3 Å². The normalized spacial score (nSPS) is 20.9. The van der Waals surface area contributed by atoms with Crippen molar-refractivity contribution in [2.75, 3.05) is 0 Å². The summed E-state index contributed by atoms with van der Waals surface area (Å²) in [5, 5.41) is 3.85. The molecule has 0 radical (unpaired) electrons. The average Bonchev–Trinajstić information content (AvgIpc) is 2.56. The minimum atomic E-state index is -0.304. The molecule has 0 fully saturated rings. The summed E-state index contributed by atoms with van der Waals surface area (Å²) in [5.74, 6) is -0.304. The lowest BCUT2D eigenvalue weighted by molar-refractivity contribution is 0.589. The molecule has 0 aromatic carbocycles. The van der Waals surface area contributed by atoms with Crippen LogP contribution >= 0.6 is 0 Å². The lowest BCUT2D eigenvalue weighted by atomic mass is 10.1. The van der Waals surface area contributed by atoms with E-state index in [0.29, 0.717) is 0 Å². The molecular formula is C8H8FN3. The van der Waals surface area contributed by atoms with Crippen molar-refractivity contribution in [3.63, 3.8) is 0 Å². The summed E-state index contributed by atoms with van der Waals surface area (Å²) in [6.45, 7) is 0. The smallest absolute Gasteiger partial charge is 0.141 e. The Morgan fingerprint density at radius 1 is 1.50 bits per heavy atom. The van der Waals surface area contributed by atoms with E-state index in [-0.39, 0.29) is 11.9 Å². The van der Waals surface area contributed by atoms with Crippen molar-refractivity contribution >= 4 is 6.21 Å². The van der Waals surface area contributed by atoms with Gasteiger partial charge in [-0.25, -0.2) is 4.39 Å². The van der Waals surface area contributed by atoms with Crippen LogP contribution in [0.1, 0.15) is 18.0 Å². The molecule has 1 unspecified atom stereocenters. The second-order valence-corrected chi connectivity index (χ2v) is 2.67. The minimum absolute atomic E-state index is 0.0909. The number of hydrogen-bond acceptors (Lipinski definition) is 3. The number of nitrogens with zero attached hydrogens (tertiary/aromatic N) is 2. The van der Waals surface area contributed by atoms with Crippen LogP contribution in [0, 0.1) is 5.82 Å². The Morgan fingerprint density at radius 2 is 2.42 bits per heavy atom. The second-order valence-electron chi connectivity index (χ2n) is 2.67. The van der Waals surface area contributed by atoms with Gasteiger partial charge >= 0.3 is 0 Å². The topological polar surface area (TPSA) is 37.3 Å². The summed E-state index contributed by atoms with van der Waals surface area (Å²) in [4.78, 5) is 3.76. The van der Waals surface area contributed by atoms with E-state index >= 15 is 0 Å². The Kier molecular flexibility index (Phi) is 1.74. The van der Waals surface area contributed by atoms with Gasteiger partial charge in [0.2, 0.25) is 0 Å². The highest BCUT2D eigenvalue weighted by atomic mass is 19.1. The van der Waals surface area contributed by atoms with Crippen molar-refractivity contribution in [3.05, 3.63) is 29.8 Å². The van der Waals surface area contributed by atoms with E-state index in [1.165, 1.54) is 12.3 Å². The number of hydrazone groups is 1. The van der Waals surface area contributed by atoms with Crippen LogP contribution in [-0.4, -0.2) is 11.2 Å². The number of halogens is 1. The molecule has 1 atom stereocenters. The average molecular weight is 165 g/mol. The highest BCUT2D eigenvalue weighted by Crippen LogP contribution is 2.17. The number of aromatic nitrogens is 1. The molecule has 1 aromatic rings. The first-order valence-corrected chi connectivity index (χ1v) is 3.74.